The van der Waals surface area contributed by atoms with Crippen LogP contribution in [-0.2, 0) is 0 Å². The summed E-state index contributed by atoms with van der Waals surface area (Å²) in [7, 11) is -3.81. The van der Waals surface area contributed by atoms with Gasteiger partial charge in [0.2, 0.25) is 0 Å². The summed E-state index contributed by atoms with van der Waals surface area (Å²) in [5.74, 6) is 0.118. The van der Waals surface area contributed by atoms with E-state index in [1.165, 1.54) is 11.3 Å². The van der Waals surface area contributed by atoms with Crippen LogP contribution in [0.15, 0.2) is 5.38 Å². The molecule has 1 aromatic rings. The van der Waals surface area contributed by atoms with Gasteiger partial charge < -0.3 is 14.0 Å². The smallest absolute Gasteiger partial charge is 0.349 e. The molecular formula is C9H14O4SSi2. The Bertz CT molecular complexity index is 452. The Morgan fingerprint density at radius 3 is 2.38 bits per heavy atom. The van der Waals surface area contributed by atoms with Gasteiger partial charge in [0.1, 0.15) is 0 Å². The molecule has 4 nitrogen and oxygen atoms in total. The quantitative estimate of drug-likeness (QED) is 0.800. The minimum atomic E-state index is -1.95. The van der Waals surface area contributed by atoms with Crippen LogP contribution >= 0.6 is 11.3 Å². The topological polar surface area (TPSA) is 55.8 Å². The van der Waals surface area contributed by atoms with Crippen LogP contribution in [0.4, 0.5) is 0 Å². The van der Waals surface area contributed by atoms with Crippen LogP contribution in [0.5, 0.6) is 11.5 Å². The van der Waals surface area contributed by atoms with E-state index in [1.807, 2.05) is 0 Å². The first kappa shape index (κ1) is 11.7. The van der Waals surface area contributed by atoms with Crippen LogP contribution < -0.4 is 8.85 Å². The molecular weight excluding hydrogens is 260 g/mol. The molecule has 0 fully saturated rings. The number of carboxylic acid groups (broad SMARTS) is 1. The molecule has 1 aromatic heterocycles. The SMILES string of the molecule is C[Si]1(C)Oc2csc(C(=O)O)c2O[Si]1(C)C. The normalized spacial score (nSPS) is 20.5. The molecule has 7 heteroatoms. The highest BCUT2D eigenvalue weighted by Crippen LogP contribution is 2.45. The van der Waals surface area contributed by atoms with Crippen molar-refractivity contribution in [3.8, 4) is 11.5 Å². The lowest BCUT2D eigenvalue weighted by molar-refractivity contribution is 0.0700. The average Bonchev–Trinajstić information content (AvgIpc) is 2.46. The molecule has 0 atom stereocenters. The summed E-state index contributed by atoms with van der Waals surface area (Å²) in [5, 5.41) is 10.8. The van der Waals surface area contributed by atoms with Crippen molar-refractivity contribution in [3.63, 3.8) is 0 Å². The summed E-state index contributed by atoms with van der Waals surface area (Å²) in [5.41, 5.74) is 0. The number of hydrogen-bond donors (Lipinski definition) is 1. The summed E-state index contributed by atoms with van der Waals surface area (Å²) in [6.45, 7) is 8.43. The molecule has 0 radical (unpaired) electrons. The van der Waals surface area contributed by atoms with Crippen molar-refractivity contribution >= 4 is 33.0 Å². The lowest BCUT2D eigenvalue weighted by atomic mass is 10.4. The Labute approximate surface area is 99.9 Å². The van der Waals surface area contributed by atoms with Crippen molar-refractivity contribution in [1.82, 2.24) is 0 Å². The van der Waals surface area contributed by atoms with Gasteiger partial charge in [-0.25, -0.2) is 4.79 Å². The highest BCUT2D eigenvalue weighted by Gasteiger charge is 2.53. The van der Waals surface area contributed by atoms with Crippen molar-refractivity contribution < 1.29 is 18.8 Å². The molecule has 0 bridgehead atoms. The molecule has 0 amide bonds. The van der Waals surface area contributed by atoms with Gasteiger partial charge in [0, 0.05) is 5.38 Å². The molecule has 0 saturated carbocycles. The first-order valence-electron chi connectivity index (χ1n) is 4.97. The van der Waals surface area contributed by atoms with E-state index in [2.05, 4.69) is 26.2 Å². The van der Waals surface area contributed by atoms with Crippen LogP contribution in [0.1, 0.15) is 9.67 Å². The van der Waals surface area contributed by atoms with Crippen molar-refractivity contribution in [1.29, 1.82) is 0 Å². The third-order valence-corrected chi connectivity index (χ3v) is 17.7. The molecule has 0 aromatic carbocycles. The van der Waals surface area contributed by atoms with E-state index in [0.717, 1.165) is 0 Å². The van der Waals surface area contributed by atoms with Gasteiger partial charge in [-0.1, -0.05) is 0 Å². The number of carboxylic acids is 1. The van der Waals surface area contributed by atoms with Crippen molar-refractivity contribution in [2.45, 2.75) is 26.2 Å². The van der Waals surface area contributed by atoms with E-state index in [0.29, 0.717) is 11.5 Å². The van der Waals surface area contributed by atoms with Crippen LogP contribution in [-0.4, -0.2) is 26.7 Å². The maximum absolute atomic E-state index is 11.0. The molecule has 0 aliphatic carbocycles. The first-order chi connectivity index (χ1) is 7.24. The van der Waals surface area contributed by atoms with E-state index in [-0.39, 0.29) is 4.88 Å². The molecule has 2 rings (SSSR count). The molecule has 0 saturated heterocycles. The van der Waals surface area contributed by atoms with Crippen LogP contribution in [0.25, 0.3) is 0 Å². The zero-order valence-corrected chi connectivity index (χ0v) is 12.5. The second-order valence-electron chi connectivity index (χ2n) is 4.79. The van der Waals surface area contributed by atoms with E-state index in [9.17, 15) is 4.79 Å². The number of carbonyl (C=O) groups is 1. The molecule has 2 heterocycles. The van der Waals surface area contributed by atoms with Crippen molar-refractivity contribution in [2.24, 2.45) is 0 Å². The number of hydrogen-bond acceptors (Lipinski definition) is 4. The second-order valence-corrected chi connectivity index (χ2v) is 19.3. The lowest BCUT2D eigenvalue weighted by Crippen LogP contribution is -2.65. The second kappa shape index (κ2) is 3.35. The largest absolute Gasteiger partial charge is 0.540 e. The fourth-order valence-electron chi connectivity index (χ4n) is 1.42. The summed E-state index contributed by atoms with van der Waals surface area (Å²) in [6, 6.07) is 0. The molecule has 1 N–H and O–H groups in total. The Morgan fingerprint density at radius 1 is 1.25 bits per heavy atom. The molecule has 0 spiro atoms. The van der Waals surface area contributed by atoms with Gasteiger partial charge in [-0.05, 0) is 26.2 Å². The van der Waals surface area contributed by atoms with Gasteiger partial charge >= 0.3 is 5.97 Å². The zero-order chi connectivity index (χ0) is 12.1. The van der Waals surface area contributed by atoms with Gasteiger partial charge in [0.15, 0.2) is 16.4 Å². The van der Waals surface area contributed by atoms with Crippen molar-refractivity contribution in [3.05, 3.63) is 10.3 Å². The molecule has 1 aliphatic heterocycles. The van der Waals surface area contributed by atoms with Gasteiger partial charge in [0.25, 0.3) is 15.7 Å². The fraction of sp³-hybridized carbons (Fsp3) is 0.444. The van der Waals surface area contributed by atoms with Gasteiger partial charge in [0.05, 0.1) is 0 Å². The van der Waals surface area contributed by atoms with Gasteiger partial charge in [-0.2, -0.15) is 0 Å². The maximum Gasteiger partial charge on any atom is 0.349 e. The van der Waals surface area contributed by atoms with Crippen LogP contribution in [0.2, 0.25) is 26.2 Å². The monoisotopic (exact) mass is 274 g/mol. The minimum absolute atomic E-state index is 0.250. The first-order valence-corrected chi connectivity index (χ1v) is 12.7. The molecule has 1 aliphatic rings. The maximum atomic E-state index is 11.0. The Kier molecular flexibility index (Phi) is 2.44. The van der Waals surface area contributed by atoms with Crippen LogP contribution in [0.3, 0.4) is 0 Å². The Morgan fingerprint density at radius 2 is 1.81 bits per heavy atom. The number of aromatic carboxylic acids is 1. The minimum Gasteiger partial charge on any atom is -0.540 e. The summed E-state index contributed by atoms with van der Waals surface area (Å²) < 4.78 is 12.0. The molecule has 16 heavy (non-hydrogen) atoms. The number of rotatable bonds is 1. The Hall–Kier alpha value is -0.796. The molecule has 88 valence electrons. The number of fused-ring (bicyclic) bond motifs is 1. The predicted molar refractivity (Wildman–Crippen MR) is 67.5 cm³/mol. The number of thiophene rings is 1. The van der Waals surface area contributed by atoms with E-state index in [1.54, 1.807) is 5.38 Å². The fourth-order valence-corrected chi connectivity index (χ4v) is 6.33. The van der Waals surface area contributed by atoms with E-state index in [4.69, 9.17) is 14.0 Å². The summed E-state index contributed by atoms with van der Waals surface area (Å²) in [4.78, 5) is 11.3. The lowest BCUT2D eigenvalue weighted by Gasteiger charge is -2.41. The third-order valence-electron chi connectivity index (χ3n) is 3.08. The Balaban J connectivity index is 2.50. The molecule has 0 unspecified atom stereocenters. The highest BCUT2D eigenvalue weighted by molar-refractivity contribution is 7.36. The zero-order valence-electron chi connectivity index (χ0n) is 9.66. The average molecular weight is 274 g/mol. The van der Waals surface area contributed by atoms with Gasteiger partial charge in [-0.3, -0.25) is 0 Å². The standard InChI is InChI=1S/C9H14O4SSi2/c1-15(2)12-6-5-14-8(9(10)11)7(6)13-16(15,3)4/h5H,1-4H3,(H,10,11). The van der Waals surface area contributed by atoms with Crippen LogP contribution in [0, 0.1) is 0 Å². The van der Waals surface area contributed by atoms with E-state index < -0.39 is 21.6 Å². The summed E-state index contributed by atoms with van der Waals surface area (Å²) in [6.07, 6.45) is 0. The van der Waals surface area contributed by atoms with Crippen molar-refractivity contribution in [2.75, 3.05) is 0 Å². The third kappa shape index (κ3) is 1.59. The predicted octanol–water partition coefficient (Wildman–Crippen LogP) is 2.71. The highest BCUT2D eigenvalue weighted by atomic mass is 32.1. The van der Waals surface area contributed by atoms with Gasteiger partial charge in [-0.15, -0.1) is 11.3 Å². The summed E-state index contributed by atoms with van der Waals surface area (Å²) >= 11 is 1.17. The van der Waals surface area contributed by atoms with E-state index >= 15 is 0 Å².